The summed E-state index contributed by atoms with van der Waals surface area (Å²) in [5, 5.41) is 5.95. The average Bonchev–Trinajstić information content (AvgIpc) is 2.61. The van der Waals surface area contributed by atoms with E-state index in [1.807, 2.05) is 20.8 Å². The number of rotatable bonds is 7. The Hall–Kier alpha value is -2.31. The van der Waals surface area contributed by atoms with Crippen molar-refractivity contribution in [2.75, 3.05) is 11.9 Å². The molecule has 0 aliphatic rings. The molecular weight excluding hydrogens is 389 g/mol. The lowest BCUT2D eigenvalue weighted by atomic mass is 10.1. The Labute approximate surface area is 168 Å². The summed E-state index contributed by atoms with van der Waals surface area (Å²) >= 11 is 12.3. The molecule has 2 N–H and O–H groups in total. The van der Waals surface area contributed by atoms with Gasteiger partial charge in [-0.25, -0.2) is 4.98 Å². The van der Waals surface area contributed by atoms with Crippen molar-refractivity contribution in [1.82, 2.24) is 10.3 Å². The number of hydrogen-bond donors (Lipinski definition) is 2. The second-order valence-corrected chi connectivity index (χ2v) is 6.90. The van der Waals surface area contributed by atoms with Crippen molar-refractivity contribution < 1.29 is 14.3 Å². The third-order valence-corrected chi connectivity index (χ3v) is 4.01. The van der Waals surface area contributed by atoms with Gasteiger partial charge in [-0.05, 0) is 44.5 Å². The van der Waals surface area contributed by atoms with Crippen molar-refractivity contribution in [2.45, 2.75) is 33.3 Å². The van der Waals surface area contributed by atoms with Crippen LogP contribution in [0.15, 0.2) is 30.5 Å². The van der Waals surface area contributed by atoms with Crippen LogP contribution in [0.2, 0.25) is 10.0 Å². The lowest BCUT2D eigenvalue weighted by Gasteiger charge is -2.12. The van der Waals surface area contributed by atoms with Gasteiger partial charge in [0.1, 0.15) is 5.02 Å². The van der Waals surface area contributed by atoms with Crippen LogP contribution in [0, 0.1) is 0 Å². The quantitative estimate of drug-likeness (QED) is 0.701. The number of nitrogens with zero attached hydrogens (tertiary/aromatic N) is 1. The van der Waals surface area contributed by atoms with E-state index in [4.69, 9.17) is 27.9 Å². The molecular formula is C19H21Cl2N3O3. The third kappa shape index (κ3) is 5.84. The molecule has 0 aliphatic carbocycles. The van der Waals surface area contributed by atoms with Gasteiger partial charge in [-0.1, -0.05) is 30.1 Å². The van der Waals surface area contributed by atoms with Crippen LogP contribution in [-0.2, 0) is 0 Å². The Morgan fingerprint density at radius 1 is 1.15 bits per heavy atom. The number of anilines is 1. The van der Waals surface area contributed by atoms with E-state index in [2.05, 4.69) is 15.6 Å². The van der Waals surface area contributed by atoms with Gasteiger partial charge in [0, 0.05) is 18.4 Å². The number of halogens is 2. The first-order valence-corrected chi connectivity index (χ1v) is 9.28. The number of pyridine rings is 1. The summed E-state index contributed by atoms with van der Waals surface area (Å²) in [5.41, 5.74) is 1.08. The van der Waals surface area contributed by atoms with Gasteiger partial charge in [-0.3, -0.25) is 9.59 Å². The molecule has 0 fully saturated rings. The predicted molar refractivity (Wildman–Crippen MR) is 107 cm³/mol. The van der Waals surface area contributed by atoms with E-state index >= 15 is 0 Å². The molecule has 0 spiro atoms. The van der Waals surface area contributed by atoms with Crippen LogP contribution in [0.4, 0.5) is 5.69 Å². The molecule has 2 aromatic rings. The van der Waals surface area contributed by atoms with E-state index in [0.717, 1.165) is 6.42 Å². The van der Waals surface area contributed by atoms with E-state index in [9.17, 15) is 9.59 Å². The van der Waals surface area contributed by atoms with Crippen LogP contribution in [0.3, 0.4) is 0 Å². The summed E-state index contributed by atoms with van der Waals surface area (Å²) < 4.78 is 5.45. The molecule has 0 bridgehead atoms. The molecule has 1 aromatic heterocycles. The lowest BCUT2D eigenvalue weighted by molar-refractivity contribution is 0.0953. The normalized spacial score (nSPS) is 10.6. The standard InChI is InChI=1S/C19H21Cl2N3O3/c1-4-7-22-18(26)14-6-5-13(9-15(14)20)24-17(25)12-8-16(21)19(23-10-12)27-11(2)3/h5-6,8-11H,4,7H2,1-3H3,(H,22,26)(H,24,25). The number of nitrogens with one attached hydrogen (secondary N) is 2. The first kappa shape index (κ1) is 21.0. The molecule has 0 saturated heterocycles. The third-order valence-electron chi connectivity index (χ3n) is 3.42. The van der Waals surface area contributed by atoms with Crippen LogP contribution in [0.1, 0.15) is 47.9 Å². The second-order valence-electron chi connectivity index (χ2n) is 6.08. The largest absolute Gasteiger partial charge is 0.474 e. The zero-order chi connectivity index (χ0) is 20.0. The van der Waals surface area contributed by atoms with Crippen LogP contribution in [0.25, 0.3) is 0 Å². The Morgan fingerprint density at radius 3 is 2.48 bits per heavy atom. The van der Waals surface area contributed by atoms with E-state index in [-0.39, 0.29) is 33.5 Å². The van der Waals surface area contributed by atoms with Crippen molar-refractivity contribution in [3.05, 3.63) is 51.6 Å². The number of ether oxygens (including phenoxy) is 1. The molecule has 0 atom stereocenters. The highest BCUT2D eigenvalue weighted by Gasteiger charge is 2.14. The van der Waals surface area contributed by atoms with Crippen molar-refractivity contribution in [2.24, 2.45) is 0 Å². The minimum absolute atomic E-state index is 0.0788. The highest BCUT2D eigenvalue weighted by atomic mass is 35.5. The zero-order valence-corrected chi connectivity index (χ0v) is 16.8. The minimum atomic E-state index is -0.403. The maximum Gasteiger partial charge on any atom is 0.257 e. The topological polar surface area (TPSA) is 80.3 Å². The molecule has 8 heteroatoms. The number of carbonyl (C=O) groups excluding carboxylic acids is 2. The molecule has 144 valence electrons. The van der Waals surface area contributed by atoms with Gasteiger partial charge in [0.15, 0.2) is 0 Å². The second kappa shape index (κ2) is 9.58. The van der Waals surface area contributed by atoms with E-state index in [1.165, 1.54) is 18.3 Å². The molecule has 1 heterocycles. The molecule has 2 amide bonds. The molecule has 1 aromatic carbocycles. The zero-order valence-electron chi connectivity index (χ0n) is 15.3. The van der Waals surface area contributed by atoms with Crippen LogP contribution >= 0.6 is 23.2 Å². The maximum atomic E-state index is 12.4. The highest BCUT2D eigenvalue weighted by Crippen LogP contribution is 2.25. The molecule has 0 radical (unpaired) electrons. The van der Waals surface area contributed by atoms with Gasteiger partial charge >= 0.3 is 0 Å². The average molecular weight is 410 g/mol. The number of carbonyl (C=O) groups is 2. The smallest absolute Gasteiger partial charge is 0.257 e. The highest BCUT2D eigenvalue weighted by molar-refractivity contribution is 6.34. The fourth-order valence-electron chi connectivity index (χ4n) is 2.17. The molecule has 6 nitrogen and oxygen atoms in total. The minimum Gasteiger partial charge on any atom is -0.474 e. The Morgan fingerprint density at radius 2 is 1.89 bits per heavy atom. The summed E-state index contributed by atoms with van der Waals surface area (Å²) in [6.07, 6.45) is 2.13. The van der Waals surface area contributed by atoms with Gasteiger partial charge < -0.3 is 15.4 Å². The molecule has 2 rings (SSSR count). The summed E-state index contributed by atoms with van der Waals surface area (Å²) in [4.78, 5) is 28.5. The van der Waals surface area contributed by atoms with Crippen molar-refractivity contribution in [3.63, 3.8) is 0 Å². The van der Waals surface area contributed by atoms with Crippen LogP contribution in [-0.4, -0.2) is 29.4 Å². The van der Waals surface area contributed by atoms with Crippen molar-refractivity contribution in [1.29, 1.82) is 0 Å². The van der Waals surface area contributed by atoms with Gasteiger partial charge in [0.2, 0.25) is 5.88 Å². The molecule has 0 aliphatic heterocycles. The molecule has 27 heavy (non-hydrogen) atoms. The predicted octanol–water partition coefficient (Wildman–Crippen LogP) is 4.57. The Kier molecular flexibility index (Phi) is 7.45. The monoisotopic (exact) mass is 409 g/mol. The Bertz CT molecular complexity index is 841. The number of benzene rings is 1. The molecule has 0 saturated carbocycles. The maximum absolute atomic E-state index is 12.4. The van der Waals surface area contributed by atoms with E-state index in [0.29, 0.717) is 17.8 Å². The number of hydrogen-bond acceptors (Lipinski definition) is 4. The summed E-state index contributed by atoms with van der Waals surface area (Å²) in [7, 11) is 0. The van der Waals surface area contributed by atoms with E-state index in [1.54, 1.807) is 12.1 Å². The number of amides is 2. The number of aromatic nitrogens is 1. The fourth-order valence-corrected chi connectivity index (χ4v) is 2.65. The fraction of sp³-hybridized carbons (Fsp3) is 0.316. The van der Waals surface area contributed by atoms with E-state index < -0.39 is 5.91 Å². The van der Waals surface area contributed by atoms with Gasteiger partial charge in [0.05, 0.1) is 22.3 Å². The van der Waals surface area contributed by atoms with Gasteiger partial charge in [-0.15, -0.1) is 0 Å². The summed E-state index contributed by atoms with van der Waals surface area (Å²) in [6, 6.07) is 6.17. The summed E-state index contributed by atoms with van der Waals surface area (Å²) in [5.74, 6) is -0.384. The van der Waals surface area contributed by atoms with Crippen molar-refractivity contribution >= 4 is 40.7 Å². The first-order valence-electron chi connectivity index (χ1n) is 8.53. The van der Waals surface area contributed by atoms with Gasteiger partial charge in [-0.2, -0.15) is 0 Å². The Balaban J connectivity index is 2.10. The summed E-state index contributed by atoms with van der Waals surface area (Å²) in [6.45, 7) is 6.24. The van der Waals surface area contributed by atoms with Crippen molar-refractivity contribution in [3.8, 4) is 5.88 Å². The van der Waals surface area contributed by atoms with Gasteiger partial charge in [0.25, 0.3) is 11.8 Å². The molecule has 0 unspecified atom stereocenters. The SMILES string of the molecule is CCCNC(=O)c1ccc(NC(=O)c2cnc(OC(C)C)c(Cl)c2)cc1Cl. The van der Waals surface area contributed by atoms with Crippen LogP contribution < -0.4 is 15.4 Å². The first-order chi connectivity index (χ1) is 12.8. The van der Waals surface area contributed by atoms with Crippen LogP contribution in [0.5, 0.6) is 5.88 Å². The lowest BCUT2D eigenvalue weighted by Crippen LogP contribution is -2.24.